The fraction of sp³-hybridized carbons (Fsp3) is 0.567. The zero-order valence-corrected chi connectivity index (χ0v) is 24.3. The maximum atomic E-state index is 12.2. The van der Waals surface area contributed by atoms with E-state index in [2.05, 4.69) is 11.0 Å². The molecular formula is C30H40Cl2N2O5. The van der Waals surface area contributed by atoms with Crippen LogP contribution in [0, 0.1) is 0 Å². The minimum atomic E-state index is -0.895. The van der Waals surface area contributed by atoms with Gasteiger partial charge in [-0.1, -0.05) is 35.7 Å². The van der Waals surface area contributed by atoms with E-state index in [-0.39, 0.29) is 12.5 Å². The molecular weight excluding hydrogens is 539 g/mol. The molecule has 1 atom stereocenters. The van der Waals surface area contributed by atoms with Gasteiger partial charge in [0.05, 0.1) is 29.4 Å². The van der Waals surface area contributed by atoms with E-state index in [1.807, 2.05) is 17.0 Å². The first-order valence-electron chi connectivity index (χ1n) is 14.0. The zero-order chi connectivity index (χ0) is 27.7. The molecule has 2 aromatic carbocycles. The van der Waals surface area contributed by atoms with Crippen LogP contribution in [0.2, 0.25) is 10.0 Å². The Hall–Kier alpha value is -2.19. The van der Waals surface area contributed by atoms with Gasteiger partial charge < -0.3 is 24.2 Å². The number of nitrogens with zero attached hydrogens (tertiary/aromatic N) is 2. The lowest BCUT2D eigenvalue weighted by atomic mass is 9.96. The van der Waals surface area contributed by atoms with Crippen molar-refractivity contribution in [2.75, 3.05) is 46.5 Å². The Morgan fingerprint density at radius 3 is 2.62 bits per heavy atom. The molecule has 0 aromatic heterocycles. The van der Waals surface area contributed by atoms with E-state index in [1.165, 1.54) is 0 Å². The summed E-state index contributed by atoms with van der Waals surface area (Å²) in [7, 11) is 1.65. The Morgan fingerprint density at radius 2 is 1.79 bits per heavy atom. The lowest BCUT2D eigenvalue weighted by molar-refractivity contribution is -0.130. The molecule has 0 saturated carbocycles. The van der Waals surface area contributed by atoms with Gasteiger partial charge in [-0.05, 0) is 74.9 Å². The first-order valence-corrected chi connectivity index (χ1v) is 14.7. The number of amides is 1. The molecule has 7 nitrogen and oxygen atoms in total. The van der Waals surface area contributed by atoms with Gasteiger partial charge in [0.15, 0.2) is 11.5 Å². The predicted molar refractivity (Wildman–Crippen MR) is 154 cm³/mol. The Bertz CT molecular complexity index is 1100. The molecule has 1 N–H and O–H groups in total. The van der Waals surface area contributed by atoms with E-state index < -0.39 is 5.60 Å². The van der Waals surface area contributed by atoms with Crippen molar-refractivity contribution in [2.24, 2.45) is 0 Å². The monoisotopic (exact) mass is 578 g/mol. The average Bonchev–Trinajstić information content (AvgIpc) is 3.25. The van der Waals surface area contributed by atoms with Gasteiger partial charge in [-0.2, -0.15) is 0 Å². The summed E-state index contributed by atoms with van der Waals surface area (Å²) in [6, 6.07) is 11.2. The van der Waals surface area contributed by atoms with Gasteiger partial charge in [-0.15, -0.1) is 0 Å². The average molecular weight is 580 g/mol. The van der Waals surface area contributed by atoms with Crippen molar-refractivity contribution < 1.29 is 24.1 Å². The molecule has 9 heteroatoms. The van der Waals surface area contributed by atoms with Crippen LogP contribution in [0.1, 0.15) is 56.9 Å². The number of hydrogen-bond acceptors (Lipinski definition) is 6. The van der Waals surface area contributed by atoms with Gasteiger partial charge in [0.25, 0.3) is 0 Å². The number of methoxy groups -OCH3 is 1. The van der Waals surface area contributed by atoms with E-state index in [1.54, 1.807) is 25.3 Å². The molecule has 4 rings (SSSR count). The Balaban J connectivity index is 1.24. The summed E-state index contributed by atoms with van der Waals surface area (Å²) in [6.45, 7) is 4.76. The Kier molecular flexibility index (Phi) is 11.0. The van der Waals surface area contributed by atoms with Crippen molar-refractivity contribution in [1.29, 1.82) is 0 Å². The van der Waals surface area contributed by atoms with Crippen molar-refractivity contribution in [1.82, 2.24) is 9.80 Å². The van der Waals surface area contributed by atoms with Crippen LogP contribution >= 0.6 is 23.2 Å². The number of likely N-dealkylation sites (tertiary alicyclic amines) is 2. The minimum absolute atomic E-state index is 0.213. The molecule has 2 heterocycles. The van der Waals surface area contributed by atoms with Gasteiger partial charge in [-0.25, -0.2) is 0 Å². The molecule has 0 aliphatic carbocycles. The standard InChI is InChI=1S/C30H40Cl2N2O5/c1-37-28-19-23(8-11-27(28)38-18-6-16-34-15-4-2-3-7-29(34)35)21-33-14-5-12-30(36,13-17-33)22-39-24-9-10-25(31)26(32)20-24/h8-11,19-20,36H,2-7,12-18,21-22H2,1H3/t30-/m1/s1. The van der Waals surface area contributed by atoms with Gasteiger partial charge in [0.2, 0.25) is 5.91 Å². The molecule has 39 heavy (non-hydrogen) atoms. The van der Waals surface area contributed by atoms with E-state index in [4.69, 9.17) is 37.4 Å². The number of aliphatic hydroxyl groups is 1. The molecule has 0 bridgehead atoms. The number of benzene rings is 2. The van der Waals surface area contributed by atoms with Crippen LogP contribution in [0.25, 0.3) is 0 Å². The first kappa shape index (κ1) is 29.8. The fourth-order valence-electron chi connectivity index (χ4n) is 5.22. The summed E-state index contributed by atoms with van der Waals surface area (Å²) in [4.78, 5) is 16.5. The van der Waals surface area contributed by atoms with E-state index in [0.29, 0.717) is 53.2 Å². The highest BCUT2D eigenvalue weighted by Gasteiger charge is 2.31. The lowest BCUT2D eigenvalue weighted by Gasteiger charge is -2.27. The number of hydrogen-bond donors (Lipinski definition) is 1. The highest BCUT2D eigenvalue weighted by molar-refractivity contribution is 6.42. The molecule has 0 unspecified atom stereocenters. The third kappa shape index (κ3) is 8.90. The molecule has 2 aliphatic heterocycles. The lowest BCUT2D eigenvalue weighted by Crippen LogP contribution is -2.37. The van der Waals surface area contributed by atoms with E-state index in [0.717, 1.165) is 70.4 Å². The molecule has 2 fully saturated rings. The van der Waals surface area contributed by atoms with Crippen molar-refractivity contribution in [3.63, 3.8) is 0 Å². The third-order valence-electron chi connectivity index (χ3n) is 7.54. The predicted octanol–water partition coefficient (Wildman–Crippen LogP) is 5.97. The molecule has 2 aromatic rings. The summed E-state index contributed by atoms with van der Waals surface area (Å²) >= 11 is 12.1. The van der Waals surface area contributed by atoms with Crippen LogP contribution in [-0.2, 0) is 11.3 Å². The van der Waals surface area contributed by atoms with E-state index in [9.17, 15) is 9.90 Å². The van der Waals surface area contributed by atoms with E-state index >= 15 is 0 Å². The maximum absolute atomic E-state index is 12.2. The van der Waals surface area contributed by atoms with Gasteiger partial charge in [0, 0.05) is 38.7 Å². The van der Waals surface area contributed by atoms with Crippen LogP contribution < -0.4 is 14.2 Å². The second kappa shape index (κ2) is 14.4. The summed E-state index contributed by atoms with van der Waals surface area (Å²) < 4.78 is 17.5. The minimum Gasteiger partial charge on any atom is -0.493 e. The summed E-state index contributed by atoms with van der Waals surface area (Å²) in [5.74, 6) is 2.29. The topological polar surface area (TPSA) is 71.5 Å². The van der Waals surface area contributed by atoms with Crippen molar-refractivity contribution >= 4 is 29.1 Å². The second-order valence-electron chi connectivity index (χ2n) is 10.6. The molecule has 214 valence electrons. The molecule has 1 amide bonds. The molecule has 2 saturated heterocycles. The Morgan fingerprint density at radius 1 is 0.923 bits per heavy atom. The fourth-order valence-corrected chi connectivity index (χ4v) is 5.51. The largest absolute Gasteiger partial charge is 0.493 e. The highest BCUT2D eigenvalue weighted by Crippen LogP contribution is 2.31. The number of halogens is 2. The Labute approximate surface area is 241 Å². The van der Waals surface area contributed by atoms with Gasteiger partial charge >= 0.3 is 0 Å². The summed E-state index contributed by atoms with van der Waals surface area (Å²) in [5.41, 5.74) is 0.237. The second-order valence-corrected chi connectivity index (χ2v) is 11.4. The quantitative estimate of drug-likeness (QED) is 0.331. The highest BCUT2D eigenvalue weighted by atomic mass is 35.5. The SMILES string of the molecule is COc1cc(CN2CCC[C@](O)(COc3ccc(Cl)c(Cl)c3)CC2)ccc1OCCCN1CCCCCC1=O. The maximum Gasteiger partial charge on any atom is 0.222 e. The number of carbonyl (C=O) groups is 1. The van der Waals surface area contributed by atoms with Gasteiger partial charge in [-0.3, -0.25) is 9.69 Å². The van der Waals surface area contributed by atoms with Crippen molar-refractivity contribution in [3.05, 3.63) is 52.0 Å². The number of carbonyl (C=O) groups excluding carboxylic acids is 1. The number of rotatable bonds is 11. The van der Waals surface area contributed by atoms with Crippen LogP contribution in [-0.4, -0.2) is 72.9 Å². The normalized spacial score (nSPS) is 20.8. The van der Waals surface area contributed by atoms with Gasteiger partial charge in [0.1, 0.15) is 12.4 Å². The zero-order valence-electron chi connectivity index (χ0n) is 22.8. The third-order valence-corrected chi connectivity index (χ3v) is 8.28. The van der Waals surface area contributed by atoms with Crippen LogP contribution in [0.4, 0.5) is 0 Å². The van der Waals surface area contributed by atoms with Crippen LogP contribution in [0.15, 0.2) is 36.4 Å². The molecule has 0 spiro atoms. The molecule has 0 radical (unpaired) electrons. The number of ether oxygens (including phenoxy) is 3. The molecule has 2 aliphatic rings. The van der Waals surface area contributed by atoms with Crippen molar-refractivity contribution in [2.45, 2.75) is 63.5 Å². The first-order chi connectivity index (χ1) is 18.8. The summed E-state index contributed by atoms with van der Waals surface area (Å²) in [6.07, 6.45) is 6.85. The van der Waals surface area contributed by atoms with Crippen LogP contribution in [0.5, 0.6) is 17.2 Å². The van der Waals surface area contributed by atoms with Crippen LogP contribution in [0.3, 0.4) is 0 Å². The van der Waals surface area contributed by atoms with Crippen molar-refractivity contribution in [3.8, 4) is 17.2 Å². The smallest absolute Gasteiger partial charge is 0.222 e. The summed E-state index contributed by atoms with van der Waals surface area (Å²) in [5, 5.41) is 12.1.